The quantitative estimate of drug-likeness (QED) is 0.796. The smallest absolute Gasteiger partial charge is 0.229 e. The second kappa shape index (κ2) is 5.88. The lowest BCUT2D eigenvalue weighted by Gasteiger charge is -2.23. The second-order valence-corrected chi connectivity index (χ2v) is 6.71. The fourth-order valence-corrected chi connectivity index (χ4v) is 2.43. The normalized spacial score (nSPS) is 19.1. The summed E-state index contributed by atoms with van der Waals surface area (Å²) in [5.41, 5.74) is 2.20. The van der Waals surface area contributed by atoms with Crippen molar-refractivity contribution in [2.75, 3.05) is 27.2 Å². The standard InChI is InChI=1S/C17H25N3O/c1-17(2,3)13-8-6-7-9-14(13)18-15-12-16(21)20(5)11-10-19(15)4/h6-9H,10-12H2,1-5H3. The average Bonchev–Trinajstić information content (AvgIpc) is 2.53. The van der Waals surface area contributed by atoms with Gasteiger partial charge in [0.1, 0.15) is 5.84 Å². The first-order valence-electron chi connectivity index (χ1n) is 7.41. The van der Waals surface area contributed by atoms with Crippen molar-refractivity contribution in [1.82, 2.24) is 9.80 Å². The van der Waals surface area contributed by atoms with Gasteiger partial charge in [0.25, 0.3) is 0 Å². The summed E-state index contributed by atoms with van der Waals surface area (Å²) in [7, 11) is 3.85. The van der Waals surface area contributed by atoms with Gasteiger partial charge in [-0.05, 0) is 17.0 Å². The van der Waals surface area contributed by atoms with Gasteiger partial charge in [-0.25, -0.2) is 4.99 Å². The predicted octanol–water partition coefficient (Wildman–Crippen LogP) is 2.81. The van der Waals surface area contributed by atoms with Crippen molar-refractivity contribution in [3.63, 3.8) is 0 Å². The summed E-state index contributed by atoms with van der Waals surface area (Å²) in [4.78, 5) is 20.7. The first-order valence-corrected chi connectivity index (χ1v) is 7.41. The molecule has 1 aromatic rings. The highest BCUT2D eigenvalue weighted by molar-refractivity contribution is 6.01. The SMILES string of the molecule is CN1CCN(C)C(=Nc2ccccc2C(C)(C)C)CC1=O. The molecule has 1 aliphatic rings. The van der Waals surface area contributed by atoms with E-state index in [1.807, 2.05) is 32.3 Å². The Hall–Kier alpha value is -1.84. The van der Waals surface area contributed by atoms with Gasteiger partial charge in [0, 0.05) is 27.2 Å². The van der Waals surface area contributed by atoms with Crippen LogP contribution in [0.1, 0.15) is 32.8 Å². The fourth-order valence-electron chi connectivity index (χ4n) is 2.43. The number of hydrogen-bond acceptors (Lipinski definition) is 2. The largest absolute Gasteiger partial charge is 0.361 e. The van der Waals surface area contributed by atoms with Gasteiger partial charge in [0.05, 0.1) is 12.1 Å². The van der Waals surface area contributed by atoms with Crippen LogP contribution >= 0.6 is 0 Å². The van der Waals surface area contributed by atoms with Gasteiger partial charge < -0.3 is 9.80 Å². The summed E-state index contributed by atoms with van der Waals surface area (Å²) < 4.78 is 0. The summed E-state index contributed by atoms with van der Waals surface area (Å²) in [5.74, 6) is 0.979. The maximum absolute atomic E-state index is 12.1. The second-order valence-electron chi connectivity index (χ2n) is 6.71. The minimum Gasteiger partial charge on any atom is -0.361 e. The number of hydrogen-bond donors (Lipinski definition) is 0. The van der Waals surface area contributed by atoms with E-state index in [2.05, 4.69) is 31.7 Å². The van der Waals surface area contributed by atoms with E-state index < -0.39 is 0 Å². The predicted molar refractivity (Wildman–Crippen MR) is 87.1 cm³/mol. The van der Waals surface area contributed by atoms with Gasteiger partial charge in [-0.15, -0.1) is 0 Å². The van der Waals surface area contributed by atoms with Crippen LogP contribution in [0.15, 0.2) is 29.3 Å². The van der Waals surface area contributed by atoms with Gasteiger partial charge in [-0.1, -0.05) is 39.0 Å². The van der Waals surface area contributed by atoms with Gasteiger partial charge in [0.2, 0.25) is 5.91 Å². The molecule has 21 heavy (non-hydrogen) atoms. The Kier molecular flexibility index (Phi) is 4.35. The van der Waals surface area contributed by atoms with Crippen LogP contribution in [0.25, 0.3) is 0 Å². The molecule has 0 N–H and O–H groups in total. The molecule has 4 nitrogen and oxygen atoms in total. The van der Waals surface area contributed by atoms with Crippen molar-refractivity contribution in [2.24, 2.45) is 4.99 Å². The van der Waals surface area contributed by atoms with Gasteiger partial charge in [-0.3, -0.25) is 4.79 Å². The Morgan fingerprint density at radius 3 is 2.33 bits per heavy atom. The number of nitrogens with zero attached hydrogens (tertiary/aromatic N) is 3. The molecule has 1 amide bonds. The Morgan fingerprint density at radius 1 is 1.05 bits per heavy atom. The minimum absolute atomic E-state index is 0.0325. The molecule has 0 radical (unpaired) electrons. The minimum atomic E-state index is 0.0325. The zero-order chi connectivity index (χ0) is 15.6. The summed E-state index contributed by atoms with van der Waals surface area (Å²) in [6.07, 6.45) is 0.367. The fraction of sp³-hybridized carbons (Fsp3) is 0.529. The molecule has 114 valence electrons. The lowest BCUT2D eigenvalue weighted by Crippen LogP contribution is -2.29. The van der Waals surface area contributed by atoms with E-state index in [1.165, 1.54) is 5.56 Å². The lowest BCUT2D eigenvalue weighted by molar-refractivity contribution is -0.128. The number of rotatable bonds is 1. The zero-order valence-corrected chi connectivity index (χ0v) is 13.7. The number of likely N-dealkylation sites (N-methyl/N-ethyl adjacent to an activating group) is 2. The van der Waals surface area contributed by atoms with Crippen molar-refractivity contribution in [1.29, 1.82) is 0 Å². The molecule has 1 aromatic carbocycles. The summed E-state index contributed by atoms with van der Waals surface area (Å²) in [6.45, 7) is 8.11. The van der Waals surface area contributed by atoms with Gasteiger partial charge in [0.15, 0.2) is 0 Å². The number of amidine groups is 1. The van der Waals surface area contributed by atoms with Crippen molar-refractivity contribution in [2.45, 2.75) is 32.6 Å². The maximum atomic E-state index is 12.1. The topological polar surface area (TPSA) is 35.9 Å². The van der Waals surface area contributed by atoms with Crippen LogP contribution in [0.4, 0.5) is 5.69 Å². The number of carbonyl (C=O) groups is 1. The molecule has 1 fully saturated rings. The third kappa shape index (κ3) is 3.63. The molecule has 0 atom stereocenters. The molecule has 0 unspecified atom stereocenters. The molecular formula is C17H25N3O. The third-order valence-corrected chi connectivity index (χ3v) is 3.91. The number of carbonyl (C=O) groups excluding carboxylic acids is 1. The van der Waals surface area contributed by atoms with E-state index in [9.17, 15) is 4.79 Å². The van der Waals surface area contributed by atoms with E-state index in [0.29, 0.717) is 6.42 Å². The van der Waals surface area contributed by atoms with Crippen LogP contribution in [-0.4, -0.2) is 48.7 Å². The van der Waals surface area contributed by atoms with Crippen molar-refractivity contribution in [3.8, 4) is 0 Å². The van der Waals surface area contributed by atoms with Crippen molar-refractivity contribution in [3.05, 3.63) is 29.8 Å². The summed E-state index contributed by atoms with van der Waals surface area (Å²) in [5, 5.41) is 0. The Balaban J connectivity index is 2.41. The number of para-hydroxylation sites is 1. The van der Waals surface area contributed by atoms with E-state index in [1.54, 1.807) is 4.90 Å². The van der Waals surface area contributed by atoms with E-state index in [4.69, 9.17) is 4.99 Å². The lowest BCUT2D eigenvalue weighted by atomic mass is 9.86. The number of aliphatic imine (C=N–C) groups is 1. The van der Waals surface area contributed by atoms with Crippen LogP contribution in [-0.2, 0) is 10.2 Å². The zero-order valence-electron chi connectivity index (χ0n) is 13.7. The van der Waals surface area contributed by atoms with E-state index in [0.717, 1.165) is 24.6 Å². The Bertz CT molecular complexity index is 557. The molecule has 1 heterocycles. The van der Waals surface area contributed by atoms with Crippen LogP contribution in [0.3, 0.4) is 0 Å². The maximum Gasteiger partial charge on any atom is 0.229 e. The molecule has 4 heteroatoms. The van der Waals surface area contributed by atoms with Crippen LogP contribution in [0.5, 0.6) is 0 Å². The Morgan fingerprint density at radius 2 is 1.67 bits per heavy atom. The summed E-state index contributed by atoms with van der Waals surface area (Å²) >= 11 is 0. The molecule has 1 aliphatic heterocycles. The van der Waals surface area contributed by atoms with Crippen molar-refractivity contribution < 1.29 is 4.79 Å². The number of amides is 1. The third-order valence-electron chi connectivity index (χ3n) is 3.91. The molecular weight excluding hydrogens is 262 g/mol. The van der Waals surface area contributed by atoms with Crippen LogP contribution in [0.2, 0.25) is 0 Å². The molecule has 0 bridgehead atoms. The van der Waals surface area contributed by atoms with E-state index >= 15 is 0 Å². The molecule has 0 aliphatic carbocycles. The molecule has 2 rings (SSSR count). The molecule has 1 saturated heterocycles. The first-order chi connectivity index (χ1) is 9.79. The number of benzene rings is 1. The highest BCUT2D eigenvalue weighted by Crippen LogP contribution is 2.31. The summed E-state index contributed by atoms with van der Waals surface area (Å²) in [6, 6.07) is 8.18. The van der Waals surface area contributed by atoms with Crippen LogP contribution < -0.4 is 0 Å². The van der Waals surface area contributed by atoms with E-state index in [-0.39, 0.29) is 11.3 Å². The van der Waals surface area contributed by atoms with Gasteiger partial charge >= 0.3 is 0 Å². The average molecular weight is 287 g/mol. The molecule has 0 spiro atoms. The molecule has 0 saturated carbocycles. The molecule has 0 aromatic heterocycles. The van der Waals surface area contributed by atoms with Crippen LogP contribution in [0, 0.1) is 0 Å². The highest BCUT2D eigenvalue weighted by Gasteiger charge is 2.22. The first kappa shape index (κ1) is 15.5. The Labute approximate surface area is 127 Å². The van der Waals surface area contributed by atoms with Gasteiger partial charge in [-0.2, -0.15) is 0 Å². The van der Waals surface area contributed by atoms with Crippen molar-refractivity contribution >= 4 is 17.4 Å². The monoisotopic (exact) mass is 287 g/mol. The highest BCUT2D eigenvalue weighted by atomic mass is 16.2.